The Hall–Kier alpha value is -3.68. The molecular formula is C24H24N4O4. The molecule has 2 aromatic heterocycles. The largest absolute Gasteiger partial charge is 0.502 e. The molecule has 2 aromatic carbocycles. The maximum absolute atomic E-state index is 11.6. The van der Waals surface area contributed by atoms with Crippen molar-refractivity contribution in [3.05, 3.63) is 57.3 Å². The van der Waals surface area contributed by atoms with Crippen LogP contribution in [0.5, 0.6) is 5.75 Å². The number of nitro benzene ring substituents is 1. The predicted molar refractivity (Wildman–Crippen MR) is 123 cm³/mol. The van der Waals surface area contributed by atoms with E-state index in [1.165, 1.54) is 12.3 Å². The molecule has 8 nitrogen and oxygen atoms in total. The lowest BCUT2D eigenvalue weighted by atomic mass is 9.93. The first-order valence-electron chi connectivity index (χ1n) is 11.0. The Morgan fingerprint density at radius 1 is 1.31 bits per heavy atom. The normalized spacial score (nSPS) is 13.9. The number of unbranched alkanes of at least 4 members (excludes halogenated alkanes) is 1. The molecule has 0 bridgehead atoms. The first kappa shape index (κ1) is 20.2. The third-order valence-electron chi connectivity index (χ3n) is 6.11. The molecule has 2 heterocycles. The van der Waals surface area contributed by atoms with Crippen LogP contribution in [0.4, 0.5) is 11.6 Å². The Morgan fingerprint density at radius 3 is 2.94 bits per heavy atom. The van der Waals surface area contributed by atoms with Crippen LogP contribution in [0, 0.1) is 10.1 Å². The van der Waals surface area contributed by atoms with Crippen LogP contribution in [0.3, 0.4) is 0 Å². The number of nitro groups is 1. The second kappa shape index (κ2) is 8.11. The van der Waals surface area contributed by atoms with Gasteiger partial charge in [-0.1, -0.05) is 25.5 Å². The number of aromatic nitrogens is 2. The van der Waals surface area contributed by atoms with Gasteiger partial charge in [0, 0.05) is 30.1 Å². The molecule has 5 rings (SSSR count). The molecule has 1 N–H and O–H groups in total. The summed E-state index contributed by atoms with van der Waals surface area (Å²) in [6, 6.07) is 9.16. The van der Waals surface area contributed by atoms with Gasteiger partial charge < -0.3 is 14.1 Å². The Balaban J connectivity index is 1.69. The van der Waals surface area contributed by atoms with Crippen LogP contribution in [0.1, 0.15) is 49.5 Å². The van der Waals surface area contributed by atoms with Crippen LogP contribution in [0.15, 0.2) is 39.7 Å². The minimum atomic E-state index is -0.593. The Morgan fingerprint density at radius 2 is 2.12 bits per heavy atom. The summed E-state index contributed by atoms with van der Waals surface area (Å²) in [5.74, 6) is 0.962. The zero-order valence-corrected chi connectivity index (χ0v) is 17.9. The van der Waals surface area contributed by atoms with Gasteiger partial charge in [-0.2, -0.15) is 0 Å². The summed E-state index contributed by atoms with van der Waals surface area (Å²) < 4.78 is 8.00. The zero-order chi connectivity index (χ0) is 22.2. The highest BCUT2D eigenvalue weighted by Crippen LogP contribution is 2.41. The van der Waals surface area contributed by atoms with Crippen LogP contribution >= 0.6 is 0 Å². The summed E-state index contributed by atoms with van der Waals surface area (Å²) in [6.07, 6.45) is 7.15. The number of imidazole rings is 1. The molecule has 32 heavy (non-hydrogen) atoms. The smallest absolute Gasteiger partial charge is 0.315 e. The van der Waals surface area contributed by atoms with Crippen molar-refractivity contribution in [2.45, 2.75) is 52.0 Å². The highest BCUT2D eigenvalue weighted by Gasteiger charge is 2.27. The lowest BCUT2D eigenvalue weighted by molar-refractivity contribution is -0.385. The van der Waals surface area contributed by atoms with Crippen molar-refractivity contribution in [2.24, 2.45) is 4.99 Å². The fourth-order valence-electron chi connectivity index (χ4n) is 4.52. The molecule has 1 aliphatic rings. The van der Waals surface area contributed by atoms with Gasteiger partial charge >= 0.3 is 5.69 Å². The molecule has 4 aromatic rings. The molecule has 1 aliphatic carbocycles. The van der Waals surface area contributed by atoms with Crippen LogP contribution in [0.25, 0.3) is 22.0 Å². The van der Waals surface area contributed by atoms with Gasteiger partial charge in [0.2, 0.25) is 11.7 Å². The van der Waals surface area contributed by atoms with Crippen LogP contribution in [-0.2, 0) is 19.4 Å². The second-order valence-corrected chi connectivity index (χ2v) is 8.16. The highest BCUT2D eigenvalue weighted by atomic mass is 16.6. The number of aromatic hydroxyl groups is 1. The van der Waals surface area contributed by atoms with Crippen molar-refractivity contribution in [3.8, 4) is 5.75 Å². The van der Waals surface area contributed by atoms with Crippen molar-refractivity contribution < 1.29 is 14.4 Å². The molecular weight excluding hydrogens is 408 g/mol. The van der Waals surface area contributed by atoms with Gasteiger partial charge in [-0.05, 0) is 37.8 Å². The van der Waals surface area contributed by atoms with E-state index in [0.29, 0.717) is 22.5 Å². The van der Waals surface area contributed by atoms with E-state index in [4.69, 9.17) is 4.42 Å². The van der Waals surface area contributed by atoms with Gasteiger partial charge in [0.1, 0.15) is 11.3 Å². The zero-order valence-electron chi connectivity index (χ0n) is 17.9. The van der Waals surface area contributed by atoms with E-state index in [1.807, 2.05) is 28.8 Å². The summed E-state index contributed by atoms with van der Waals surface area (Å²) in [5.41, 5.74) is 3.19. The number of aliphatic imine (C=N–C) groups is 1. The van der Waals surface area contributed by atoms with E-state index in [-0.39, 0.29) is 5.69 Å². The summed E-state index contributed by atoms with van der Waals surface area (Å²) in [5, 5.41) is 23.1. The molecule has 164 valence electrons. The third-order valence-corrected chi connectivity index (χ3v) is 6.11. The number of hydrogen-bond acceptors (Lipinski definition) is 6. The predicted octanol–water partition coefficient (Wildman–Crippen LogP) is 5.83. The second-order valence-electron chi connectivity index (χ2n) is 8.16. The van der Waals surface area contributed by atoms with Crippen LogP contribution in [0.2, 0.25) is 0 Å². The number of hydrogen-bond donors (Lipinski definition) is 1. The van der Waals surface area contributed by atoms with E-state index >= 15 is 0 Å². The minimum absolute atomic E-state index is 0.315. The maximum Gasteiger partial charge on any atom is 0.315 e. The molecule has 0 fully saturated rings. The topological polar surface area (TPSA) is 107 Å². The number of benzene rings is 2. The number of aryl methyl sites for hydroxylation is 3. The van der Waals surface area contributed by atoms with E-state index in [2.05, 4.69) is 16.9 Å². The summed E-state index contributed by atoms with van der Waals surface area (Å²) in [6.45, 7) is 2.89. The number of phenolic OH excluding ortho intramolecular Hbond substituents is 1. The Labute approximate surface area is 184 Å². The lowest BCUT2D eigenvalue weighted by Crippen LogP contribution is -2.01. The van der Waals surface area contributed by atoms with Gasteiger partial charge in [0.25, 0.3) is 0 Å². The van der Waals surface area contributed by atoms with Crippen molar-refractivity contribution >= 4 is 39.9 Å². The monoisotopic (exact) mass is 432 g/mol. The van der Waals surface area contributed by atoms with Gasteiger partial charge in [-0.3, -0.25) is 10.1 Å². The fraction of sp³-hybridized carbons (Fsp3) is 0.333. The fourth-order valence-corrected chi connectivity index (χ4v) is 4.52. The molecule has 8 heteroatoms. The molecule has 0 saturated heterocycles. The molecule has 0 aliphatic heterocycles. The average Bonchev–Trinajstić information content (AvgIpc) is 3.34. The summed E-state index contributed by atoms with van der Waals surface area (Å²) in [7, 11) is 0. The molecule has 0 radical (unpaired) electrons. The Bertz CT molecular complexity index is 1370. The highest BCUT2D eigenvalue weighted by molar-refractivity contribution is 6.05. The first-order chi connectivity index (χ1) is 15.6. The number of para-hydroxylation sites is 2. The number of nitrogens with zero attached hydrogens (tertiary/aromatic N) is 4. The van der Waals surface area contributed by atoms with Gasteiger partial charge in [0.15, 0.2) is 0 Å². The third kappa shape index (κ3) is 3.32. The molecule has 0 spiro atoms. The van der Waals surface area contributed by atoms with E-state index in [0.717, 1.165) is 67.4 Å². The van der Waals surface area contributed by atoms with Crippen molar-refractivity contribution in [1.82, 2.24) is 9.55 Å². The van der Waals surface area contributed by atoms with E-state index in [9.17, 15) is 15.2 Å². The number of phenols is 1. The van der Waals surface area contributed by atoms with Crippen molar-refractivity contribution in [2.75, 3.05) is 0 Å². The van der Waals surface area contributed by atoms with Crippen molar-refractivity contribution in [3.63, 3.8) is 0 Å². The number of furan rings is 1. The maximum atomic E-state index is 11.6. The molecule has 0 unspecified atom stereocenters. The standard InChI is InChI=1S/C24H24N4O4/c1-2-3-12-27-18-10-6-5-9-17(18)26-24(27)25-14-16-22-15-8-4-7-11-20(15)32-21(22)13-19(23(16)29)28(30)31/h5-6,9-10,13-14,29H,2-4,7-8,11-12H2,1H3/b25-14+. The minimum Gasteiger partial charge on any atom is -0.502 e. The van der Waals surface area contributed by atoms with Gasteiger partial charge in [-0.15, -0.1) is 0 Å². The summed E-state index contributed by atoms with van der Waals surface area (Å²) >= 11 is 0. The van der Waals surface area contributed by atoms with Crippen molar-refractivity contribution in [1.29, 1.82) is 0 Å². The van der Waals surface area contributed by atoms with Crippen LogP contribution < -0.4 is 0 Å². The SMILES string of the molecule is CCCCn1c(/N=C/c2c(O)c([N+](=O)[O-])cc3oc4c(c23)CCCC4)nc2ccccc21. The van der Waals surface area contributed by atoms with Gasteiger partial charge in [0.05, 0.1) is 27.6 Å². The van der Waals surface area contributed by atoms with E-state index in [1.54, 1.807) is 0 Å². The average molecular weight is 432 g/mol. The first-order valence-corrected chi connectivity index (χ1v) is 11.0. The molecule has 0 saturated carbocycles. The quantitative estimate of drug-likeness (QED) is 0.234. The number of fused-ring (bicyclic) bond motifs is 4. The summed E-state index contributed by atoms with van der Waals surface area (Å²) in [4.78, 5) is 20.2. The molecule has 0 atom stereocenters. The lowest BCUT2D eigenvalue weighted by Gasteiger charge is -2.10. The van der Waals surface area contributed by atoms with E-state index < -0.39 is 10.7 Å². The van der Waals surface area contributed by atoms with Crippen LogP contribution in [-0.4, -0.2) is 25.8 Å². The number of rotatable bonds is 6. The molecule has 0 amide bonds. The Kier molecular flexibility index (Phi) is 5.13. The van der Waals surface area contributed by atoms with Gasteiger partial charge in [-0.25, -0.2) is 9.98 Å².